The first-order valence-corrected chi connectivity index (χ1v) is 5.20. The monoisotopic (exact) mass is 233 g/mol. The topological polar surface area (TPSA) is 42.4 Å². The Morgan fingerprint density at radius 1 is 1.29 bits per heavy atom. The Balaban J connectivity index is 2.27. The first-order valence-electron chi connectivity index (χ1n) is 5.20. The number of hydrogen-bond donors (Lipinski definition) is 1. The molecule has 0 aliphatic rings. The Morgan fingerprint density at radius 2 is 2.12 bits per heavy atom. The predicted molar refractivity (Wildman–Crippen MR) is 61.4 cm³/mol. The number of pyridine rings is 1. The second-order valence-electron chi connectivity index (χ2n) is 3.64. The quantitative estimate of drug-likeness (QED) is 0.886. The Labute approximate surface area is 98.5 Å². The van der Waals surface area contributed by atoms with Gasteiger partial charge in [-0.05, 0) is 24.6 Å². The molecule has 1 aromatic carbocycles. The molecule has 3 nitrogen and oxygen atoms in total. The standard InChI is InChI=1S/C13H12FNO2/c1-9-5-6-10(14)7-12(9)17-13-4-2-3-11(8-16)15-13/h2-7,16H,8H2,1H3. The van der Waals surface area contributed by atoms with Gasteiger partial charge in [0, 0.05) is 12.1 Å². The van der Waals surface area contributed by atoms with Crippen molar-refractivity contribution < 1.29 is 14.2 Å². The van der Waals surface area contributed by atoms with E-state index in [0.717, 1.165) is 5.56 Å². The van der Waals surface area contributed by atoms with Crippen molar-refractivity contribution in [3.05, 3.63) is 53.5 Å². The van der Waals surface area contributed by atoms with E-state index >= 15 is 0 Å². The summed E-state index contributed by atoms with van der Waals surface area (Å²) in [5, 5.41) is 8.95. The first kappa shape index (κ1) is 11.5. The molecule has 0 fully saturated rings. The zero-order valence-corrected chi connectivity index (χ0v) is 9.35. The van der Waals surface area contributed by atoms with Crippen LogP contribution in [0.15, 0.2) is 36.4 Å². The van der Waals surface area contributed by atoms with Crippen molar-refractivity contribution in [1.82, 2.24) is 4.98 Å². The molecule has 1 heterocycles. The lowest BCUT2D eigenvalue weighted by Gasteiger charge is -2.08. The summed E-state index contributed by atoms with van der Waals surface area (Å²) < 4.78 is 18.5. The number of aliphatic hydroxyl groups is 1. The van der Waals surface area contributed by atoms with Crippen LogP contribution in [0.4, 0.5) is 4.39 Å². The van der Waals surface area contributed by atoms with E-state index < -0.39 is 0 Å². The molecule has 0 aliphatic heterocycles. The lowest BCUT2D eigenvalue weighted by Crippen LogP contribution is -1.94. The van der Waals surface area contributed by atoms with Crippen molar-refractivity contribution in [2.75, 3.05) is 0 Å². The van der Waals surface area contributed by atoms with E-state index in [9.17, 15) is 4.39 Å². The van der Waals surface area contributed by atoms with Crippen LogP contribution in [0.5, 0.6) is 11.6 Å². The number of halogens is 1. The maximum atomic E-state index is 13.1. The molecule has 0 bridgehead atoms. The number of aromatic nitrogens is 1. The molecular weight excluding hydrogens is 221 g/mol. The summed E-state index contributed by atoms with van der Waals surface area (Å²) in [4.78, 5) is 4.06. The minimum Gasteiger partial charge on any atom is -0.439 e. The second-order valence-corrected chi connectivity index (χ2v) is 3.64. The van der Waals surface area contributed by atoms with Gasteiger partial charge in [-0.25, -0.2) is 9.37 Å². The van der Waals surface area contributed by atoms with Gasteiger partial charge < -0.3 is 9.84 Å². The van der Waals surface area contributed by atoms with Gasteiger partial charge in [0.05, 0.1) is 12.3 Å². The van der Waals surface area contributed by atoms with Gasteiger partial charge in [0.1, 0.15) is 11.6 Å². The molecule has 0 saturated carbocycles. The molecule has 2 rings (SSSR count). The minimum absolute atomic E-state index is 0.153. The van der Waals surface area contributed by atoms with Crippen molar-refractivity contribution in [2.45, 2.75) is 13.5 Å². The zero-order chi connectivity index (χ0) is 12.3. The summed E-state index contributed by atoms with van der Waals surface area (Å²) in [7, 11) is 0. The van der Waals surface area contributed by atoms with E-state index in [1.807, 2.05) is 6.92 Å². The van der Waals surface area contributed by atoms with Crippen molar-refractivity contribution in [3.63, 3.8) is 0 Å². The van der Waals surface area contributed by atoms with Crippen LogP contribution in [0, 0.1) is 12.7 Å². The maximum absolute atomic E-state index is 13.1. The van der Waals surface area contributed by atoms with Crippen molar-refractivity contribution in [2.24, 2.45) is 0 Å². The molecule has 17 heavy (non-hydrogen) atoms. The van der Waals surface area contributed by atoms with Gasteiger partial charge in [-0.1, -0.05) is 12.1 Å². The number of aliphatic hydroxyl groups excluding tert-OH is 1. The van der Waals surface area contributed by atoms with Crippen molar-refractivity contribution >= 4 is 0 Å². The van der Waals surface area contributed by atoms with Crippen molar-refractivity contribution in [3.8, 4) is 11.6 Å². The minimum atomic E-state index is -0.357. The van der Waals surface area contributed by atoms with Crippen LogP contribution in [-0.4, -0.2) is 10.1 Å². The van der Waals surface area contributed by atoms with Gasteiger partial charge in [0.2, 0.25) is 5.88 Å². The highest BCUT2D eigenvalue weighted by molar-refractivity contribution is 5.35. The van der Waals surface area contributed by atoms with E-state index in [-0.39, 0.29) is 12.4 Å². The van der Waals surface area contributed by atoms with E-state index in [1.54, 1.807) is 24.3 Å². The highest BCUT2D eigenvalue weighted by Gasteiger charge is 2.04. The van der Waals surface area contributed by atoms with E-state index in [0.29, 0.717) is 17.3 Å². The average molecular weight is 233 g/mol. The summed E-state index contributed by atoms with van der Waals surface area (Å²) in [6.45, 7) is 1.67. The van der Waals surface area contributed by atoms with E-state index in [1.165, 1.54) is 12.1 Å². The Kier molecular flexibility index (Phi) is 3.35. The normalized spacial score (nSPS) is 10.3. The van der Waals surface area contributed by atoms with E-state index in [2.05, 4.69) is 4.98 Å². The highest BCUT2D eigenvalue weighted by Crippen LogP contribution is 2.24. The fourth-order valence-corrected chi connectivity index (χ4v) is 1.40. The largest absolute Gasteiger partial charge is 0.439 e. The molecule has 0 amide bonds. The average Bonchev–Trinajstić information content (AvgIpc) is 2.34. The molecule has 1 aromatic heterocycles. The molecular formula is C13H12FNO2. The smallest absolute Gasteiger partial charge is 0.219 e. The summed E-state index contributed by atoms with van der Waals surface area (Å²) in [5.74, 6) is 0.404. The highest BCUT2D eigenvalue weighted by atomic mass is 19.1. The molecule has 0 aliphatic carbocycles. The number of aryl methyl sites for hydroxylation is 1. The van der Waals surface area contributed by atoms with Crippen LogP contribution in [0.25, 0.3) is 0 Å². The fourth-order valence-electron chi connectivity index (χ4n) is 1.40. The number of benzene rings is 1. The van der Waals surface area contributed by atoms with Gasteiger partial charge in [0.25, 0.3) is 0 Å². The van der Waals surface area contributed by atoms with E-state index in [4.69, 9.17) is 9.84 Å². The molecule has 2 aromatic rings. The lowest BCUT2D eigenvalue weighted by atomic mass is 10.2. The summed E-state index contributed by atoms with van der Waals surface area (Å²) >= 11 is 0. The first-order chi connectivity index (χ1) is 8.19. The predicted octanol–water partition coefficient (Wildman–Crippen LogP) is 2.81. The van der Waals surface area contributed by atoms with Crippen LogP contribution in [-0.2, 0) is 6.61 Å². The summed E-state index contributed by atoms with van der Waals surface area (Å²) in [6, 6.07) is 9.39. The van der Waals surface area contributed by atoms with Crippen LogP contribution in [0.1, 0.15) is 11.3 Å². The molecule has 0 radical (unpaired) electrons. The number of hydrogen-bond acceptors (Lipinski definition) is 3. The third-order valence-electron chi connectivity index (χ3n) is 2.31. The molecule has 4 heteroatoms. The van der Waals surface area contributed by atoms with Crippen molar-refractivity contribution in [1.29, 1.82) is 0 Å². The fraction of sp³-hybridized carbons (Fsp3) is 0.154. The molecule has 1 N–H and O–H groups in total. The summed E-state index contributed by atoms with van der Waals surface area (Å²) in [5.41, 5.74) is 1.33. The summed E-state index contributed by atoms with van der Waals surface area (Å²) in [6.07, 6.45) is 0. The Bertz CT molecular complexity index is 529. The number of ether oxygens (including phenoxy) is 1. The number of nitrogens with zero attached hydrogens (tertiary/aromatic N) is 1. The molecule has 0 unspecified atom stereocenters. The van der Waals surface area contributed by atoms with Crippen LogP contribution >= 0.6 is 0 Å². The maximum Gasteiger partial charge on any atom is 0.219 e. The van der Waals surface area contributed by atoms with Crippen LogP contribution in [0.3, 0.4) is 0 Å². The van der Waals surface area contributed by atoms with Crippen LogP contribution < -0.4 is 4.74 Å². The van der Waals surface area contributed by atoms with Crippen LogP contribution in [0.2, 0.25) is 0 Å². The second kappa shape index (κ2) is 4.93. The molecule has 88 valence electrons. The molecule has 0 atom stereocenters. The van der Waals surface area contributed by atoms with Gasteiger partial charge in [0.15, 0.2) is 0 Å². The third kappa shape index (κ3) is 2.79. The molecule has 0 saturated heterocycles. The van der Waals surface area contributed by atoms with Gasteiger partial charge >= 0.3 is 0 Å². The third-order valence-corrected chi connectivity index (χ3v) is 2.31. The zero-order valence-electron chi connectivity index (χ0n) is 9.35. The van der Waals surface area contributed by atoms with Gasteiger partial charge in [-0.2, -0.15) is 0 Å². The Hall–Kier alpha value is -1.94. The Morgan fingerprint density at radius 3 is 2.88 bits per heavy atom. The molecule has 0 spiro atoms. The SMILES string of the molecule is Cc1ccc(F)cc1Oc1cccc(CO)n1. The van der Waals surface area contributed by atoms with Gasteiger partial charge in [-0.15, -0.1) is 0 Å². The van der Waals surface area contributed by atoms with Gasteiger partial charge in [-0.3, -0.25) is 0 Å². The number of rotatable bonds is 3. The lowest BCUT2D eigenvalue weighted by molar-refractivity contribution is 0.275.